The minimum absolute atomic E-state index is 0.0435. The fourth-order valence-electron chi connectivity index (χ4n) is 12.1. The molecule has 0 atom stereocenters. The minimum atomic E-state index is -0.502. The molecular formula is C70H51N. The number of hydrogen-bond acceptors (Lipinski definition) is 1. The van der Waals surface area contributed by atoms with Crippen LogP contribution in [-0.4, -0.2) is 0 Å². The van der Waals surface area contributed by atoms with Crippen molar-refractivity contribution in [1.29, 1.82) is 0 Å². The SMILES string of the molecule is CC1(C)c2ccccc2-c2cc(-c3ccc(N(c4ccc5c(c4)-c4ccccc4C5(c4ccccc4)c4ccccc4)c4cccc(-c5ccccc5)c4-c4ccccc4-c4ccccc4)cc3)ccc21. The van der Waals surface area contributed by atoms with Crippen LogP contribution in [0.1, 0.15) is 47.2 Å². The van der Waals surface area contributed by atoms with Crippen LogP contribution in [0.3, 0.4) is 0 Å². The van der Waals surface area contributed by atoms with Crippen LogP contribution in [-0.2, 0) is 10.8 Å². The van der Waals surface area contributed by atoms with Gasteiger partial charge in [0.25, 0.3) is 0 Å². The molecule has 2 aliphatic rings. The molecule has 1 nitrogen and oxygen atoms in total. The lowest BCUT2D eigenvalue weighted by Gasteiger charge is -2.34. The zero-order valence-electron chi connectivity index (χ0n) is 39.9. The first-order chi connectivity index (χ1) is 35.0. The normalized spacial score (nSPS) is 13.4. The van der Waals surface area contributed by atoms with Crippen molar-refractivity contribution in [2.45, 2.75) is 24.7 Å². The third kappa shape index (κ3) is 6.76. The van der Waals surface area contributed by atoms with E-state index in [1.54, 1.807) is 0 Å². The second-order valence-electron chi connectivity index (χ2n) is 19.5. The highest BCUT2D eigenvalue weighted by Crippen LogP contribution is 2.58. The molecule has 0 spiro atoms. The van der Waals surface area contributed by atoms with Crippen molar-refractivity contribution < 1.29 is 0 Å². The Morgan fingerprint density at radius 3 is 1.35 bits per heavy atom. The highest BCUT2D eigenvalue weighted by Gasteiger charge is 2.46. The lowest BCUT2D eigenvalue weighted by Crippen LogP contribution is -2.28. The van der Waals surface area contributed by atoms with E-state index < -0.39 is 5.41 Å². The lowest BCUT2D eigenvalue weighted by atomic mass is 9.68. The molecule has 11 aromatic carbocycles. The fourth-order valence-corrected chi connectivity index (χ4v) is 12.1. The van der Waals surface area contributed by atoms with Gasteiger partial charge >= 0.3 is 0 Å². The molecule has 0 bridgehead atoms. The average molecular weight is 906 g/mol. The van der Waals surface area contributed by atoms with Gasteiger partial charge in [0, 0.05) is 22.4 Å². The summed E-state index contributed by atoms with van der Waals surface area (Å²) < 4.78 is 0. The molecule has 336 valence electrons. The smallest absolute Gasteiger partial charge is 0.0713 e. The Hall–Kier alpha value is -8.78. The highest BCUT2D eigenvalue weighted by atomic mass is 15.1. The van der Waals surface area contributed by atoms with Crippen LogP contribution in [0.5, 0.6) is 0 Å². The van der Waals surface area contributed by atoms with E-state index in [9.17, 15) is 0 Å². The second kappa shape index (κ2) is 17.0. The molecule has 0 N–H and O–H groups in total. The summed E-state index contributed by atoms with van der Waals surface area (Å²) in [4.78, 5) is 2.50. The molecular weight excluding hydrogens is 855 g/mol. The van der Waals surface area contributed by atoms with Gasteiger partial charge in [0.2, 0.25) is 0 Å². The summed E-state index contributed by atoms with van der Waals surface area (Å²) in [6.45, 7) is 4.70. The summed E-state index contributed by atoms with van der Waals surface area (Å²) >= 11 is 0. The molecule has 0 unspecified atom stereocenters. The van der Waals surface area contributed by atoms with Gasteiger partial charge in [0.1, 0.15) is 0 Å². The maximum absolute atomic E-state index is 2.50. The number of nitrogens with zero attached hydrogens (tertiary/aromatic N) is 1. The van der Waals surface area contributed by atoms with Crippen molar-refractivity contribution >= 4 is 17.1 Å². The summed E-state index contributed by atoms with van der Waals surface area (Å²) in [5.41, 5.74) is 25.2. The Kier molecular flexibility index (Phi) is 10.1. The van der Waals surface area contributed by atoms with Gasteiger partial charge in [-0.15, -0.1) is 0 Å². The van der Waals surface area contributed by atoms with Gasteiger partial charge in [-0.3, -0.25) is 0 Å². The molecule has 1 heteroatoms. The van der Waals surface area contributed by atoms with E-state index in [-0.39, 0.29) is 5.41 Å². The van der Waals surface area contributed by atoms with Crippen LogP contribution in [0.15, 0.2) is 273 Å². The average Bonchev–Trinajstić information content (AvgIpc) is 3.87. The van der Waals surface area contributed by atoms with Crippen molar-refractivity contribution in [2.75, 3.05) is 4.90 Å². The molecule has 0 amide bonds. The van der Waals surface area contributed by atoms with Crippen LogP contribution < -0.4 is 4.90 Å². The van der Waals surface area contributed by atoms with Crippen LogP contribution in [0.25, 0.3) is 66.8 Å². The van der Waals surface area contributed by atoms with Gasteiger partial charge in [0.15, 0.2) is 0 Å². The zero-order chi connectivity index (χ0) is 47.5. The molecule has 0 saturated heterocycles. The topological polar surface area (TPSA) is 3.24 Å². The van der Waals surface area contributed by atoms with E-state index >= 15 is 0 Å². The summed E-state index contributed by atoms with van der Waals surface area (Å²) in [5.74, 6) is 0. The largest absolute Gasteiger partial charge is 0.310 e. The predicted molar refractivity (Wildman–Crippen MR) is 298 cm³/mol. The van der Waals surface area contributed by atoms with E-state index in [1.807, 2.05) is 0 Å². The van der Waals surface area contributed by atoms with Crippen molar-refractivity contribution in [3.05, 3.63) is 306 Å². The van der Waals surface area contributed by atoms with Crippen LogP contribution >= 0.6 is 0 Å². The number of rotatable bonds is 9. The standard InChI is InChI=1S/C70H51N/c1-69(2)63-35-19-17-31-58(63)61-46-51(40-44-64(61)69)48-38-41-54(42-39-48)71(67-37-21-34-57(50-24-9-4-10-25-50)68(67)60-33-16-15-30-56(60)49-22-7-3-8-23-49)55-43-45-66-62(47-55)59-32-18-20-36-65(59)70(66,52-26-11-5-12-27-52)53-28-13-6-14-29-53/h3-47H,1-2H3. The summed E-state index contributed by atoms with van der Waals surface area (Å²) in [5, 5.41) is 0. The van der Waals surface area contributed by atoms with Crippen molar-refractivity contribution in [3.8, 4) is 66.8 Å². The van der Waals surface area contributed by atoms with Crippen LogP contribution in [0, 0.1) is 0 Å². The quantitative estimate of drug-likeness (QED) is 0.139. The maximum Gasteiger partial charge on any atom is 0.0713 e. The van der Waals surface area contributed by atoms with Gasteiger partial charge in [-0.1, -0.05) is 250 Å². The van der Waals surface area contributed by atoms with E-state index in [0.717, 1.165) is 17.1 Å². The third-order valence-corrected chi connectivity index (χ3v) is 15.4. The highest BCUT2D eigenvalue weighted by molar-refractivity contribution is 6.02. The Morgan fingerprint density at radius 2 is 0.704 bits per heavy atom. The summed E-state index contributed by atoms with van der Waals surface area (Å²) in [6, 6.07) is 101. The minimum Gasteiger partial charge on any atom is -0.310 e. The molecule has 0 aliphatic heterocycles. The van der Waals surface area contributed by atoms with Crippen LogP contribution in [0.4, 0.5) is 17.1 Å². The second-order valence-corrected chi connectivity index (χ2v) is 19.5. The third-order valence-electron chi connectivity index (χ3n) is 15.4. The van der Waals surface area contributed by atoms with E-state index in [2.05, 4.69) is 292 Å². The number of anilines is 3. The summed E-state index contributed by atoms with van der Waals surface area (Å²) in [7, 11) is 0. The summed E-state index contributed by atoms with van der Waals surface area (Å²) in [6.07, 6.45) is 0. The first-order valence-corrected chi connectivity index (χ1v) is 24.8. The molecule has 0 saturated carbocycles. The molecule has 0 heterocycles. The monoisotopic (exact) mass is 905 g/mol. The number of hydrogen-bond donors (Lipinski definition) is 0. The van der Waals surface area contributed by atoms with Crippen molar-refractivity contribution in [2.24, 2.45) is 0 Å². The predicted octanol–water partition coefficient (Wildman–Crippen LogP) is 18.5. The molecule has 2 aliphatic carbocycles. The van der Waals surface area contributed by atoms with Gasteiger partial charge in [-0.25, -0.2) is 0 Å². The lowest BCUT2D eigenvalue weighted by molar-refractivity contribution is 0.660. The van der Waals surface area contributed by atoms with E-state index in [4.69, 9.17) is 0 Å². The maximum atomic E-state index is 2.50. The van der Waals surface area contributed by atoms with Gasteiger partial charge < -0.3 is 4.90 Å². The fraction of sp³-hybridized carbons (Fsp3) is 0.0571. The Morgan fingerprint density at radius 1 is 0.268 bits per heavy atom. The molecule has 13 rings (SSSR count). The first-order valence-electron chi connectivity index (χ1n) is 24.8. The Labute approximate surface area is 417 Å². The number of benzene rings is 11. The molecule has 0 radical (unpaired) electrons. The van der Waals surface area contributed by atoms with Crippen molar-refractivity contribution in [1.82, 2.24) is 0 Å². The van der Waals surface area contributed by atoms with Gasteiger partial charge in [-0.2, -0.15) is 0 Å². The first kappa shape index (κ1) is 42.3. The van der Waals surface area contributed by atoms with Crippen LogP contribution in [0.2, 0.25) is 0 Å². The van der Waals surface area contributed by atoms with E-state index in [1.165, 1.54) is 100 Å². The van der Waals surface area contributed by atoms with Crippen molar-refractivity contribution in [3.63, 3.8) is 0 Å². The zero-order valence-corrected chi connectivity index (χ0v) is 39.9. The Balaban J connectivity index is 1.05. The van der Waals surface area contributed by atoms with E-state index in [0.29, 0.717) is 0 Å². The Bertz CT molecular complexity index is 3720. The molecule has 11 aromatic rings. The van der Waals surface area contributed by atoms with Gasteiger partial charge in [-0.05, 0) is 131 Å². The molecule has 0 aromatic heterocycles. The number of fused-ring (bicyclic) bond motifs is 6. The molecule has 0 fully saturated rings. The van der Waals surface area contributed by atoms with Gasteiger partial charge in [0.05, 0.1) is 11.1 Å². The molecule has 71 heavy (non-hydrogen) atoms.